The first-order valence-corrected chi connectivity index (χ1v) is 10.5. The van der Waals surface area contributed by atoms with Crippen LogP contribution in [0.25, 0.3) is 0 Å². The number of rotatable bonds is 3. The standard InChI is InChI=1S/C20H31NO2S/c1-18(2)11-16-12-20(5,13-18)14-21(16)24(6,23)17-9-7-15(8-10-17)19(3,4)22/h7-10,16,22H,6,11-14H2,1-5H3. The van der Waals surface area contributed by atoms with E-state index in [2.05, 4.69) is 30.9 Å². The van der Waals surface area contributed by atoms with E-state index < -0.39 is 15.3 Å². The molecule has 24 heavy (non-hydrogen) atoms. The Balaban J connectivity index is 1.92. The van der Waals surface area contributed by atoms with Gasteiger partial charge in [0, 0.05) is 17.5 Å². The van der Waals surface area contributed by atoms with Gasteiger partial charge in [0.05, 0.1) is 15.3 Å². The minimum Gasteiger partial charge on any atom is -0.386 e. The van der Waals surface area contributed by atoms with Crippen molar-refractivity contribution in [3.63, 3.8) is 0 Å². The number of nitrogens with zero attached hydrogens (tertiary/aromatic N) is 1. The molecule has 0 aromatic heterocycles. The monoisotopic (exact) mass is 349 g/mol. The fourth-order valence-electron chi connectivity index (χ4n) is 4.96. The van der Waals surface area contributed by atoms with E-state index in [0.29, 0.717) is 11.5 Å². The van der Waals surface area contributed by atoms with Crippen LogP contribution in [0.5, 0.6) is 0 Å². The zero-order chi connectivity index (χ0) is 18.0. The molecule has 1 saturated heterocycles. The predicted molar refractivity (Wildman–Crippen MR) is 101 cm³/mol. The van der Waals surface area contributed by atoms with Gasteiger partial charge in [0.25, 0.3) is 0 Å². The van der Waals surface area contributed by atoms with Crippen molar-refractivity contribution in [3.05, 3.63) is 29.8 Å². The summed E-state index contributed by atoms with van der Waals surface area (Å²) in [6, 6.07) is 7.83. The minimum atomic E-state index is -2.49. The smallest absolute Gasteiger partial charge is 0.0840 e. The summed E-state index contributed by atoms with van der Waals surface area (Å²) < 4.78 is 15.8. The molecule has 1 heterocycles. The first-order chi connectivity index (χ1) is 10.8. The van der Waals surface area contributed by atoms with Gasteiger partial charge in [-0.2, -0.15) is 0 Å². The van der Waals surface area contributed by atoms with E-state index >= 15 is 0 Å². The summed E-state index contributed by atoms with van der Waals surface area (Å²) in [6.07, 6.45) is 3.38. The largest absolute Gasteiger partial charge is 0.386 e. The number of hydrogen-bond donors (Lipinski definition) is 1. The average molecular weight is 350 g/mol. The van der Waals surface area contributed by atoms with Gasteiger partial charge in [0.1, 0.15) is 0 Å². The summed E-state index contributed by atoms with van der Waals surface area (Å²) in [5.41, 5.74) is 0.476. The maximum atomic E-state index is 13.6. The Bertz CT molecular complexity index is 728. The highest BCUT2D eigenvalue weighted by molar-refractivity contribution is 7.98. The molecule has 3 unspecified atom stereocenters. The van der Waals surface area contributed by atoms with Gasteiger partial charge in [-0.3, -0.25) is 0 Å². The highest BCUT2D eigenvalue weighted by Gasteiger charge is 2.51. The Kier molecular flexibility index (Phi) is 3.99. The van der Waals surface area contributed by atoms with Crippen molar-refractivity contribution in [1.82, 2.24) is 4.31 Å². The lowest BCUT2D eigenvalue weighted by Crippen LogP contribution is -2.37. The topological polar surface area (TPSA) is 40.5 Å². The summed E-state index contributed by atoms with van der Waals surface area (Å²) in [6.45, 7) is 11.4. The quantitative estimate of drug-likeness (QED) is 0.843. The van der Waals surface area contributed by atoms with Crippen LogP contribution in [-0.2, 0) is 15.3 Å². The SMILES string of the molecule is C=S(=O)(c1ccc(C(C)(C)O)cc1)N1CC2(C)CC1CC(C)(C)C2. The van der Waals surface area contributed by atoms with E-state index in [4.69, 9.17) is 0 Å². The molecule has 2 aliphatic rings. The summed E-state index contributed by atoms with van der Waals surface area (Å²) in [5.74, 6) is 4.14. The van der Waals surface area contributed by atoms with Crippen molar-refractivity contribution < 1.29 is 9.32 Å². The maximum Gasteiger partial charge on any atom is 0.0840 e. The lowest BCUT2D eigenvalue weighted by Gasteiger charge is -2.39. The molecule has 0 amide bonds. The maximum absolute atomic E-state index is 13.6. The first kappa shape index (κ1) is 18.0. The molecular formula is C20H31NO2S. The van der Waals surface area contributed by atoms with Crippen LogP contribution in [0.2, 0.25) is 0 Å². The zero-order valence-electron chi connectivity index (χ0n) is 15.6. The lowest BCUT2D eigenvalue weighted by molar-refractivity contribution is 0.0785. The molecule has 134 valence electrons. The molecule has 3 rings (SSSR count). The average Bonchev–Trinajstić information content (AvgIpc) is 2.67. The van der Waals surface area contributed by atoms with Gasteiger partial charge in [-0.05, 0) is 67.5 Å². The van der Waals surface area contributed by atoms with Crippen LogP contribution in [-0.4, -0.2) is 32.1 Å². The second kappa shape index (κ2) is 5.33. The molecule has 1 aliphatic carbocycles. The third-order valence-electron chi connectivity index (χ3n) is 5.67. The van der Waals surface area contributed by atoms with Gasteiger partial charge in [0.2, 0.25) is 0 Å². The number of hydrogen-bond acceptors (Lipinski definition) is 2. The van der Waals surface area contributed by atoms with Crippen LogP contribution in [0, 0.1) is 10.8 Å². The second-order valence-electron chi connectivity index (χ2n) is 9.51. The normalized spacial score (nSPS) is 32.5. The van der Waals surface area contributed by atoms with Crippen molar-refractivity contribution in [1.29, 1.82) is 0 Å². The van der Waals surface area contributed by atoms with E-state index in [9.17, 15) is 9.32 Å². The Labute approximate surface area is 147 Å². The third-order valence-corrected chi connectivity index (χ3v) is 7.87. The molecular weight excluding hydrogens is 318 g/mol. The summed E-state index contributed by atoms with van der Waals surface area (Å²) in [7, 11) is -2.49. The van der Waals surface area contributed by atoms with Crippen LogP contribution >= 0.6 is 0 Å². The molecule has 1 aliphatic heterocycles. The summed E-state index contributed by atoms with van der Waals surface area (Å²) >= 11 is 0. The van der Waals surface area contributed by atoms with E-state index in [-0.39, 0.29) is 5.41 Å². The molecule has 2 bridgehead atoms. The number of benzene rings is 1. The third kappa shape index (κ3) is 3.16. The molecule has 2 fully saturated rings. The van der Waals surface area contributed by atoms with E-state index in [0.717, 1.165) is 29.8 Å². The van der Waals surface area contributed by atoms with Crippen LogP contribution < -0.4 is 0 Å². The van der Waals surface area contributed by atoms with Gasteiger partial charge >= 0.3 is 0 Å². The van der Waals surface area contributed by atoms with Crippen LogP contribution in [0.1, 0.15) is 59.4 Å². The highest BCUT2D eigenvalue weighted by atomic mass is 32.2. The number of aliphatic hydroxyl groups is 1. The first-order valence-electron chi connectivity index (χ1n) is 8.80. The Hall–Kier alpha value is -0.840. The van der Waals surface area contributed by atoms with Crippen molar-refractivity contribution in [2.45, 2.75) is 70.4 Å². The van der Waals surface area contributed by atoms with Crippen LogP contribution in [0.3, 0.4) is 0 Å². The fourth-order valence-corrected chi connectivity index (χ4v) is 6.95. The molecule has 1 saturated carbocycles. The molecule has 1 aromatic carbocycles. The molecule has 4 heteroatoms. The molecule has 0 radical (unpaired) electrons. The van der Waals surface area contributed by atoms with Gasteiger partial charge in [-0.15, -0.1) is 0 Å². The Morgan fingerprint density at radius 2 is 1.79 bits per heavy atom. The van der Waals surface area contributed by atoms with E-state index in [1.807, 2.05) is 24.3 Å². The van der Waals surface area contributed by atoms with Crippen LogP contribution in [0.4, 0.5) is 0 Å². The predicted octanol–water partition coefficient (Wildman–Crippen LogP) is 3.80. The highest BCUT2D eigenvalue weighted by Crippen LogP contribution is 2.53. The van der Waals surface area contributed by atoms with Crippen molar-refractivity contribution >= 4 is 15.6 Å². The van der Waals surface area contributed by atoms with E-state index in [1.165, 1.54) is 6.42 Å². The fraction of sp³-hybridized carbons (Fsp3) is 0.650. The molecule has 1 aromatic rings. The van der Waals surface area contributed by atoms with Crippen LogP contribution in [0.15, 0.2) is 29.2 Å². The molecule has 1 N–H and O–H groups in total. The van der Waals surface area contributed by atoms with Crippen molar-refractivity contribution in [2.75, 3.05) is 6.54 Å². The summed E-state index contributed by atoms with van der Waals surface area (Å²) in [4.78, 5) is 0.768. The summed E-state index contributed by atoms with van der Waals surface area (Å²) in [5, 5.41) is 10.1. The second-order valence-corrected chi connectivity index (χ2v) is 11.7. The zero-order valence-corrected chi connectivity index (χ0v) is 16.4. The van der Waals surface area contributed by atoms with Crippen molar-refractivity contribution in [2.24, 2.45) is 10.8 Å². The number of fused-ring (bicyclic) bond motifs is 2. The van der Waals surface area contributed by atoms with E-state index in [1.54, 1.807) is 13.8 Å². The van der Waals surface area contributed by atoms with Gasteiger partial charge in [-0.1, -0.05) is 32.9 Å². The van der Waals surface area contributed by atoms with Gasteiger partial charge in [0.15, 0.2) is 0 Å². The lowest BCUT2D eigenvalue weighted by atomic mass is 9.65. The molecule has 3 nitrogen and oxygen atoms in total. The Morgan fingerprint density at radius 3 is 2.33 bits per heavy atom. The molecule has 0 spiro atoms. The van der Waals surface area contributed by atoms with Gasteiger partial charge in [-0.25, -0.2) is 8.51 Å². The molecule has 3 atom stereocenters. The minimum absolute atomic E-state index is 0.236. The Morgan fingerprint density at radius 1 is 1.21 bits per heavy atom. The van der Waals surface area contributed by atoms with Gasteiger partial charge < -0.3 is 5.11 Å². The van der Waals surface area contributed by atoms with Crippen molar-refractivity contribution in [3.8, 4) is 0 Å².